The molecule has 4 heteroatoms. The second-order valence-corrected chi connectivity index (χ2v) is 4.74. The number of amides is 1. The van der Waals surface area contributed by atoms with E-state index in [1.54, 1.807) is 6.26 Å². The lowest BCUT2D eigenvalue weighted by Gasteiger charge is -2.32. The average Bonchev–Trinajstić information content (AvgIpc) is 2.82. The molecule has 3 rings (SSSR count). The first-order chi connectivity index (χ1) is 8.75. The molecule has 1 aromatic heterocycles. The minimum atomic E-state index is 0.0769. The normalized spacial score (nSPS) is 17.3. The monoisotopic (exact) mass is 244 g/mol. The predicted octanol–water partition coefficient (Wildman–Crippen LogP) is 1.82. The molecule has 1 saturated heterocycles. The standard InChI is InChI=1S/C14H16N2O2/c1-15-6-8-16(9-7-15)14(17)12-10-18-13-5-3-2-4-11(12)13/h2-5,10H,6-9H2,1H3. The Balaban J connectivity index is 1.88. The SMILES string of the molecule is CN1CCN(C(=O)c2coc3ccccc23)CC1. The van der Waals surface area contributed by atoms with E-state index in [2.05, 4.69) is 11.9 Å². The van der Waals surface area contributed by atoms with Gasteiger partial charge in [-0.15, -0.1) is 0 Å². The lowest BCUT2D eigenvalue weighted by Crippen LogP contribution is -2.47. The molecular formula is C14H16N2O2. The van der Waals surface area contributed by atoms with Crippen LogP contribution in [0.15, 0.2) is 34.9 Å². The number of rotatable bonds is 1. The van der Waals surface area contributed by atoms with Crippen LogP contribution in [0.4, 0.5) is 0 Å². The molecule has 0 spiro atoms. The summed E-state index contributed by atoms with van der Waals surface area (Å²) in [5, 5.41) is 0.904. The zero-order valence-electron chi connectivity index (χ0n) is 10.4. The van der Waals surface area contributed by atoms with Gasteiger partial charge in [-0.05, 0) is 13.1 Å². The van der Waals surface area contributed by atoms with Crippen LogP contribution in [0.2, 0.25) is 0 Å². The van der Waals surface area contributed by atoms with E-state index in [1.165, 1.54) is 0 Å². The van der Waals surface area contributed by atoms with Crippen LogP contribution in [-0.2, 0) is 0 Å². The number of likely N-dealkylation sites (N-methyl/N-ethyl adjacent to an activating group) is 1. The van der Waals surface area contributed by atoms with Gasteiger partial charge in [-0.3, -0.25) is 4.79 Å². The van der Waals surface area contributed by atoms with E-state index >= 15 is 0 Å². The summed E-state index contributed by atoms with van der Waals surface area (Å²) in [5.74, 6) is 0.0769. The summed E-state index contributed by atoms with van der Waals surface area (Å²) >= 11 is 0. The molecule has 2 heterocycles. The third-order valence-electron chi connectivity index (χ3n) is 3.50. The van der Waals surface area contributed by atoms with Gasteiger partial charge in [0, 0.05) is 31.6 Å². The van der Waals surface area contributed by atoms with Gasteiger partial charge in [0.15, 0.2) is 0 Å². The summed E-state index contributed by atoms with van der Waals surface area (Å²) in [7, 11) is 2.08. The molecule has 18 heavy (non-hydrogen) atoms. The number of para-hydroxylation sites is 1. The largest absolute Gasteiger partial charge is 0.463 e. The average molecular weight is 244 g/mol. The second kappa shape index (κ2) is 4.46. The summed E-state index contributed by atoms with van der Waals surface area (Å²) in [4.78, 5) is 16.6. The zero-order valence-corrected chi connectivity index (χ0v) is 10.4. The number of nitrogens with zero attached hydrogens (tertiary/aromatic N) is 2. The molecule has 1 aliphatic rings. The second-order valence-electron chi connectivity index (χ2n) is 4.74. The van der Waals surface area contributed by atoms with Crippen molar-refractivity contribution in [2.45, 2.75) is 0 Å². The smallest absolute Gasteiger partial charge is 0.257 e. The highest BCUT2D eigenvalue weighted by atomic mass is 16.3. The molecule has 2 aromatic rings. The number of piperazine rings is 1. The predicted molar refractivity (Wildman–Crippen MR) is 69.6 cm³/mol. The van der Waals surface area contributed by atoms with Gasteiger partial charge < -0.3 is 14.2 Å². The Morgan fingerprint density at radius 3 is 2.67 bits per heavy atom. The van der Waals surface area contributed by atoms with Gasteiger partial charge in [-0.2, -0.15) is 0 Å². The number of carbonyl (C=O) groups excluding carboxylic acids is 1. The van der Waals surface area contributed by atoms with Crippen LogP contribution in [0.1, 0.15) is 10.4 Å². The summed E-state index contributed by atoms with van der Waals surface area (Å²) in [6, 6.07) is 7.66. The fraction of sp³-hybridized carbons (Fsp3) is 0.357. The van der Waals surface area contributed by atoms with Gasteiger partial charge in [0.1, 0.15) is 11.8 Å². The quantitative estimate of drug-likeness (QED) is 0.767. The fourth-order valence-corrected chi connectivity index (χ4v) is 2.32. The summed E-state index contributed by atoms with van der Waals surface area (Å²) in [6.07, 6.45) is 1.57. The van der Waals surface area contributed by atoms with Crippen molar-refractivity contribution in [1.29, 1.82) is 0 Å². The summed E-state index contributed by atoms with van der Waals surface area (Å²) in [5.41, 5.74) is 1.45. The van der Waals surface area contributed by atoms with Crippen molar-refractivity contribution in [1.82, 2.24) is 9.80 Å². The molecule has 0 N–H and O–H groups in total. The Labute approximate surface area is 106 Å². The van der Waals surface area contributed by atoms with Crippen LogP contribution in [0.3, 0.4) is 0 Å². The summed E-state index contributed by atoms with van der Waals surface area (Å²) < 4.78 is 5.42. The van der Waals surface area contributed by atoms with Crippen molar-refractivity contribution in [2.24, 2.45) is 0 Å². The van der Waals surface area contributed by atoms with Crippen molar-refractivity contribution in [3.8, 4) is 0 Å². The van der Waals surface area contributed by atoms with Crippen molar-refractivity contribution >= 4 is 16.9 Å². The molecule has 0 aliphatic carbocycles. The Bertz CT molecular complexity index is 568. The van der Waals surface area contributed by atoms with E-state index in [9.17, 15) is 4.79 Å². The van der Waals surface area contributed by atoms with Crippen molar-refractivity contribution < 1.29 is 9.21 Å². The highest BCUT2D eigenvalue weighted by molar-refractivity contribution is 6.05. The molecule has 1 aliphatic heterocycles. The number of hydrogen-bond donors (Lipinski definition) is 0. The van der Waals surface area contributed by atoms with Crippen LogP contribution in [-0.4, -0.2) is 48.9 Å². The van der Waals surface area contributed by atoms with Crippen LogP contribution in [0.5, 0.6) is 0 Å². The maximum Gasteiger partial charge on any atom is 0.257 e. The fourth-order valence-electron chi connectivity index (χ4n) is 2.32. The van der Waals surface area contributed by atoms with E-state index in [4.69, 9.17) is 4.42 Å². The first-order valence-corrected chi connectivity index (χ1v) is 6.20. The maximum absolute atomic E-state index is 12.4. The van der Waals surface area contributed by atoms with Crippen LogP contribution in [0, 0.1) is 0 Å². The van der Waals surface area contributed by atoms with E-state index in [-0.39, 0.29) is 5.91 Å². The molecule has 1 fully saturated rings. The first-order valence-electron chi connectivity index (χ1n) is 6.20. The van der Waals surface area contributed by atoms with Crippen molar-refractivity contribution in [3.63, 3.8) is 0 Å². The van der Waals surface area contributed by atoms with Crippen LogP contribution < -0.4 is 0 Å². The topological polar surface area (TPSA) is 36.7 Å². The Kier molecular flexibility index (Phi) is 2.80. The van der Waals surface area contributed by atoms with E-state index in [0.29, 0.717) is 5.56 Å². The first kappa shape index (κ1) is 11.3. The minimum absolute atomic E-state index is 0.0769. The number of fused-ring (bicyclic) bond motifs is 1. The molecule has 1 aromatic carbocycles. The molecule has 4 nitrogen and oxygen atoms in total. The lowest BCUT2D eigenvalue weighted by atomic mass is 10.1. The Morgan fingerprint density at radius 2 is 1.89 bits per heavy atom. The highest BCUT2D eigenvalue weighted by Gasteiger charge is 2.23. The van der Waals surface area contributed by atoms with E-state index in [0.717, 1.165) is 37.1 Å². The number of furan rings is 1. The molecule has 0 radical (unpaired) electrons. The van der Waals surface area contributed by atoms with E-state index in [1.807, 2.05) is 29.2 Å². The van der Waals surface area contributed by atoms with E-state index < -0.39 is 0 Å². The summed E-state index contributed by atoms with van der Waals surface area (Å²) in [6.45, 7) is 3.44. The molecule has 0 saturated carbocycles. The molecular weight excluding hydrogens is 228 g/mol. The molecule has 0 unspecified atom stereocenters. The van der Waals surface area contributed by atoms with Gasteiger partial charge in [0.25, 0.3) is 5.91 Å². The number of benzene rings is 1. The van der Waals surface area contributed by atoms with Gasteiger partial charge >= 0.3 is 0 Å². The van der Waals surface area contributed by atoms with Gasteiger partial charge in [-0.1, -0.05) is 18.2 Å². The number of hydrogen-bond acceptors (Lipinski definition) is 3. The molecule has 0 atom stereocenters. The molecule has 1 amide bonds. The molecule has 0 bridgehead atoms. The van der Waals surface area contributed by atoms with Crippen LogP contribution >= 0.6 is 0 Å². The van der Waals surface area contributed by atoms with Crippen LogP contribution in [0.25, 0.3) is 11.0 Å². The number of carbonyl (C=O) groups is 1. The Morgan fingerprint density at radius 1 is 1.17 bits per heavy atom. The van der Waals surface area contributed by atoms with Crippen molar-refractivity contribution in [2.75, 3.05) is 33.2 Å². The Hall–Kier alpha value is -1.81. The van der Waals surface area contributed by atoms with Crippen molar-refractivity contribution in [3.05, 3.63) is 36.1 Å². The molecule has 94 valence electrons. The maximum atomic E-state index is 12.4. The minimum Gasteiger partial charge on any atom is -0.463 e. The van der Waals surface area contributed by atoms with Gasteiger partial charge in [0.2, 0.25) is 0 Å². The van der Waals surface area contributed by atoms with Gasteiger partial charge in [0.05, 0.1) is 5.56 Å². The third-order valence-corrected chi connectivity index (χ3v) is 3.50. The lowest BCUT2D eigenvalue weighted by molar-refractivity contribution is 0.0665. The zero-order chi connectivity index (χ0) is 12.5. The van der Waals surface area contributed by atoms with Gasteiger partial charge in [-0.25, -0.2) is 0 Å². The highest BCUT2D eigenvalue weighted by Crippen LogP contribution is 2.22. The third kappa shape index (κ3) is 1.88.